The third kappa shape index (κ3) is 3.62. The highest BCUT2D eigenvalue weighted by molar-refractivity contribution is 5.30. The minimum Gasteiger partial charge on any atom is -0.384 e. The average molecular weight is 266 g/mol. The van der Waals surface area contributed by atoms with Gasteiger partial charge in [0, 0.05) is 32.3 Å². The van der Waals surface area contributed by atoms with Crippen LogP contribution in [0.2, 0.25) is 0 Å². The van der Waals surface area contributed by atoms with E-state index in [1.54, 1.807) is 13.2 Å². The minimum absolute atomic E-state index is 0.116. The summed E-state index contributed by atoms with van der Waals surface area (Å²) in [5.74, 6) is 1.11. The van der Waals surface area contributed by atoms with Crippen molar-refractivity contribution in [3.05, 3.63) is 17.6 Å². The normalized spacial score (nSPS) is 20.9. The van der Waals surface area contributed by atoms with Crippen LogP contribution in [0.25, 0.3) is 0 Å². The maximum Gasteiger partial charge on any atom is 0.161 e. The number of hydrogen-bond donors (Lipinski definition) is 1. The van der Waals surface area contributed by atoms with Crippen molar-refractivity contribution in [3.8, 4) is 0 Å². The fraction of sp³-hybridized carbons (Fsp3) is 0.692. The van der Waals surface area contributed by atoms with Crippen LogP contribution in [0.3, 0.4) is 0 Å². The van der Waals surface area contributed by atoms with E-state index in [0.29, 0.717) is 30.9 Å². The first-order valence-corrected chi connectivity index (χ1v) is 6.58. The van der Waals surface area contributed by atoms with E-state index in [9.17, 15) is 0 Å². The number of nitrogens with two attached hydrogens (primary N) is 1. The van der Waals surface area contributed by atoms with E-state index in [1.165, 1.54) is 0 Å². The zero-order chi connectivity index (χ0) is 13.8. The lowest BCUT2D eigenvalue weighted by Gasteiger charge is -2.34. The summed E-state index contributed by atoms with van der Waals surface area (Å²) < 4.78 is 10.9. The van der Waals surface area contributed by atoms with Gasteiger partial charge in [-0.15, -0.1) is 0 Å². The van der Waals surface area contributed by atoms with Gasteiger partial charge in [0.25, 0.3) is 0 Å². The van der Waals surface area contributed by atoms with E-state index in [2.05, 4.69) is 28.7 Å². The van der Waals surface area contributed by atoms with E-state index in [0.717, 1.165) is 18.8 Å². The van der Waals surface area contributed by atoms with Crippen molar-refractivity contribution in [3.63, 3.8) is 0 Å². The summed E-state index contributed by atoms with van der Waals surface area (Å²) >= 11 is 0. The molecule has 19 heavy (non-hydrogen) atoms. The molecular weight excluding hydrogens is 244 g/mol. The molecule has 0 radical (unpaired) electrons. The van der Waals surface area contributed by atoms with Gasteiger partial charge in [-0.1, -0.05) is 0 Å². The number of nitrogen functional groups attached to an aromatic ring is 1. The molecular formula is C13H22N4O2. The predicted octanol–water partition coefficient (Wildman–Crippen LogP) is 0.987. The molecule has 6 heteroatoms. The summed E-state index contributed by atoms with van der Waals surface area (Å²) in [5, 5.41) is 0. The van der Waals surface area contributed by atoms with Gasteiger partial charge in [-0.05, 0) is 13.8 Å². The highest BCUT2D eigenvalue weighted by Crippen LogP contribution is 2.21. The molecule has 0 aliphatic carbocycles. The molecule has 0 saturated carbocycles. The molecule has 2 rings (SSSR count). The van der Waals surface area contributed by atoms with Crippen molar-refractivity contribution in [2.75, 3.05) is 32.5 Å². The third-order valence-electron chi connectivity index (χ3n) is 3.22. The number of nitrogens with zero attached hydrogens (tertiary/aromatic N) is 3. The summed E-state index contributed by atoms with van der Waals surface area (Å²) in [6, 6.07) is 2.22. The maximum absolute atomic E-state index is 5.81. The van der Waals surface area contributed by atoms with Gasteiger partial charge in [0.05, 0.1) is 18.9 Å². The van der Waals surface area contributed by atoms with Crippen LogP contribution >= 0.6 is 0 Å². The van der Waals surface area contributed by atoms with Crippen molar-refractivity contribution in [1.82, 2.24) is 14.9 Å². The molecule has 1 saturated heterocycles. The van der Waals surface area contributed by atoms with Crippen LogP contribution in [0.4, 0.5) is 5.82 Å². The molecule has 1 aliphatic heterocycles. The van der Waals surface area contributed by atoms with Crippen molar-refractivity contribution in [2.45, 2.75) is 32.6 Å². The predicted molar refractivity (Wildman–Crippen MR) is 72.6 cm³/mol. The molecule has 1 fully saturated rings. The van der Waals surface area contributed by atoms with Crippen LogP contribution in [0.15, 0.2) is 6.07 Å². The van der Waals surface area contributed by atoms with Crippen LogP contribution in [0, 0.1) is 0 Å². The van der Waals surface area contributed by atoms with E-state index >= 15 is 0 Å². The molecule has 2 N–H and O–H groups in total. The Hall–Kier alpha value is -1.24. The molecule has 6 nitrogen and oxygen atoms in total. The van der Waals surface area contributed by atoms with Crippen LogP contribution in [0.5, 0.6) is 0 Å². The quantitative estimate of drug-likeness (QED) is 0.876. The van der Waals surface area contributed by atoms with Gasteiger partial charge in [0.15, 0.2) is 5.82 Å². The van der Waals surface area contributed by atoms with Gasteiger partial charge in [-0.25, -0.2) is 9.97 Å². The molecule has 1 unspecified atom stereocenters. The molecule has 1 aromatic heterocycles. The first kappa shape index (κ1) is 14.2. The minimum atomic E-state index is -0.116. The lowest BCUT2D eigenvalue weighted by atomic mass is 10.2. The fourth-order valence-electron chi connectivity index (χ4n) is 2.20. The number of ether oxygens (including phenoxy) is 2. The van der Waals surface area contributed by atoms with Gasteiger partial charge in [-0.3, -0.25) is 4.90 Å². The monoisotopic (exact) mass is 266 g/mol. The molecule has 106 valence electrons. The highest BCUT2D eigenvalue weighted by atomic mass is 16.5. The first-order chi connectivity index (χ1) is 9.10. The smallest absolute Gasteiger partial charge is 0.161 e. The maximum atomic E-state index is 5.81. The Morgan fingerprint density at radius 2 is 2.32 bits per heavy atom. The van der Waals surface area contributed by atoms with Gasteiger partial charge in [-0.2, -0.15) is 0 Å². The summed E-state index contributed by atoms with van der Waals surface area (Å²) in [7, 11) is 1.63. The van der Waals surface area contributed by atoms with Gasteiger partial charge in [0.1, 0.15) is 11.9 Å². The Morgan fingerprint density at radius 3 is 3.00 bits per heavy atom. The second-order valence-corrected chi connectivity index (χ2v) is 5.02. The van der Waals surface area contributed by atoms with Crippen molar-refractivity contribution < 1.29 is 9.47 Å². The van der Waals surface area contributed by atoms with Crippen LogP contribution < -0.4 is 5.73 Å². The fourth-order valence-corrected chi connectivity index (χ4v) is 2.20. The van der Waals surface area contributed by atoms with Crippen LogP contribution in [-0.2, 0) is 16.1 Å². The zero-order valence-corrected chi connectivity index (χ0v) is 11.8. The zero-order valence-electron chi connectivity index (χ0n) is 11.8. The molecule has 1 aliphatic rings. The van der Waals surface area contributed by atoms with Crippen molar-refractivity contribution >= 4 is 5.82 Å². The molecule has 1 aromatic rings. The van der Waals surface area contributed by atoms with Gasteiger partial charge < -0.3 is 15.2 Å². The second kappa shape index (κ2) is 6.27. The van der Waals surface area contributed by atoms with Gasteiger partial charge in [0.2, 0.25) is 0 Å². The third-order valence-corrected chi connectivity index (χ3v) is 3.22. The van der Waals surface area contributed by atoms with Crippen LogP contribution in [-0.4, -0.2) is 47.7 Å². The molecule has 0 amide bonds. The molecule has 1 atom stereocenters. The Morgan fingerprint density at radius 1 is 1.53 bits per heavy atom. The number of methoxy groups -OCH3 is 1. The SMILES string of the molecule is COCc1cc(N)nc(C2CN(C(C)C)CCO2)n1. The van der Waals surface area contributed by atoms with E-state index in [4.69, 9.17) is 15.2 Å². The average Bonchev–Trinajstić information content (AvgIpc) is 2.38. The van der Waals surface area contributed by atoms with Crippen molar-refractivity contribution in [2.24, 2.45) is 0 Å². The first-order valence-electron chi connectivity index (χ1n) is 6.58. The van der Waals surface area contributed by atoms with Crippen molar-refractivity contribution in [1.29, 1.82) is 0 Å². The summed E-state index contributed by atoms with van der Waals surface area (Å²) in [6.45, 7) is 7.23. The highest BCUT2D eigenvalue weighted by Gasteiger charge is 2.26. The lowest BCUT2D eigenvalue weighted by Crippen LogP contribution is -2.42. The Bertz CT molecular complexity index is 425. The summed E-state index contributed by atoms with van der Waals surface area (Å²) in [4.78, 5) is 11.1. The molecule has 2 heterocycles. The molecule has 0 spiro atoms. The molecule has 0 aromatic carbocycles. The standard InChI is InChI=1S/C13H22N4O2/c1-9(2)17-4-5-19-11(7-17)13-15-10(8-18-3)6-12(14)16-13/h6,9,11H,4-5,7-8H2,1-3H3,(H2,14,15,16). The van der Waals surface area contributed by atoms with Gasteiger partial charge >= 0.3 is 0 Å². The number of rotatable bonds is 4. The summed E-state index contributed by atoms with van der Waals surface area (Å²) in [5.41, 5.74) is 6.60. The topological polar surface area (TPSA) is 73.5 Å². The Kier molecular flexibility index (Phi) is 4.68. The van der Waals surface area contributed by atoms with E-state index < -0.39 is 0 Å². The number of anilines is 1. The number of hydrogen-bond acceptors (Lipinski definition) is 6. The van der Waals surface area contributed by atoms with E-state index in [1.807, 2.05) is 0 Å². The molecule has 0 bridgehead atoms. The van der Waals surface area contributed by atoms with Crippen LogP contribution in [0.1, 0.15) is 31.5 Å². The lowest BCUT2D eigenvalue weighted by molar-refractivity contribution is -0.0444. The number of morpholine rings is 1. The number of aromatic nitrogens is 2. The second-order valence-electron chi connectivity index (χ2n) is 5.02. The Labute approximate surface area is 113 Å². The Balaban J connectivity index is 2.16. The van der Waals surface area contributed by atoms with E-state index in [-0.39, 0.29) is 6.10 Å². The summed E-state index contributed by atoms with van der Waals surface area (Å²) in [6.07, 6.45) is -0.116. The largest absolute Gasteiger partial charge is 0.384 e.